The van der Waals surface area contributed by atoms with Crippen molar-refractivity contribution in [1.82, 2.24) is 4.90 Å². The average Bonchev–Trinajstić information content (AvgIpc) is 2.67. The van der Waals surface area contributed by atoms with Gasteiger partial charge in [0.25, 0.3) is 11.8 Å². The van der Waals surface area contributed by atoms with Crippen molar-refractivity contribution in [3.63, 3.8) is 0 Å². The Balaban J connectivity index is 2.71. The summed E-state index contributed by atoms with van der Waals surface area (Å²) < 4.78 is 1.95. The Labute approximate surface area is 159 Å². The van der Waals surface area contributed by atoms with E-state index in [1.807, 2.05) is 0 Å². The van der Waals surface area contributed by atoms with E-state index in [4.69, 9.17) is 0 Å². The summed E-state index contributed by atoms with van der Waals surface area (Å²) >= 11 is 13.2. The van der Waals surface area contributed by atoms with Crippen molar-refractivity contribution < 1.29 is 19.5 Å². The van der Waals surface area contributed by atoms with E-state index in [9.17, 15) is 19.5 Å². The lowest BCUT2D eigenvalue weighted by molar-refractivity contribution is -0.143. The van der Waals surface area contributed by atoms with Crippen molar-refractivity contribution in [2.75, 3.05) is 0 Å². The van der Waals surface area contributed by atoms with Gasteiger partial charge in [0.2, 0.25) is 0 Å². The van der Waals surface area contributed by atoms with Gasteiger partial charge in [0.1, 0.15) is 6.04 Å². The average molecular weight is 563 g/mol. The number of carbonyl (C=O) groups is 3. The highest BCUT2D eigenvalue weighted by atomic mass is 79.9. The van der Waals surface area contributed by atoms with Crippen molar-refractivity contribution in [2.45, 2.75) is 19.9 Å². The van der Waals surface area contributed by atoms with Gasteiger partial charge in [0.15, 0.2) is 0 Å². The van der Waals surface area contributed by atoms with Gasteiger partial charge in [0.05, 0.1) is 11.1 Å². The molecule has 0 saturated heterocycles. The summed E-state index contributed by atoms with van der Waals surface area (Å²) in [4.78, 5) is 37.6. The fourth-order valence-electron chi connectivity index (χ4n) is 2.31. The molecule has 118 valence electrons. The number of carboxylic acids is 1. The first-order valence-electron chi connectivity index (χ1n) is 6.07. The molecule has 0 unspecified atom stereocenters. The quantitative estimate of drug-likeness (QED) is 0.336. The zero-order valence-corrected chi connectivity index (χ0v) is 17.6. The molecule has 1 aromatic rings. The summed E-state index contributed by atoms with van der Waals surface area (Å²) in [7, 11) is 0. The van der Waals surface area contributed by atoms with Gasteiger partial charge in [-0.25, -0.2) is 4.79 Å². The van der Waals surface area contributed by atoms with Gasteiger partial charge < -0.3 is 5.11 Å². The van der Waals surface area contributed by atoms with Crippen LogP contribution in [-0.2, 0) is 4.79 Å². The van der Waals surface area contributed by atoms with Crippen LogP contribution in [0.3, 0.4) is 0 Å². The summed E-state index contributed by atoms with van der Waals surface area (Å²) in [5.74, 6) is -2.87. The molecular formula is C13H9Br4NO4. The molecule has 2 amide bonds. The normalized spacial score (nSPS) is 15.5. The lowest BCUT2D eigenvalue weighted by Crippen LogP contribution is -2.47. The molecule has 0 radical (unpaired) electrons. The number of fused-ring (bicyclic) bond motifs is 1. The zero-order valence-electron chi connectivity index (χ0n) is 11.3. The summed E-state index contributed by atoms with van der Waals surface area (Å²) in [5, 5.41) is 9.38. The Kier molecular flexibility index (Phi) is 5.21. The second-order valence-corrected chi connectivity index (χ2v) is 8.19. The van der Waals surface area contributed by atoms with Crippen molar-refractivity contribution in [1.29, 1.82) is 0 Å². The Morgan fingerprint density at radius 1 is 0.909 bits per heavy atom. The largest absolute Gasteiger partial charge is 0.480 e. The number of halogens is 4. The SMILES string of the molecule is CC(C)[C@@H](C(=O)O)N1C(=O)c2c(Br)c(Br)c(Br)c(Br)c2C1=O. The smallest absolute Gasteiger partial charge is 0.327 e. The van der Waals surface area contributed by atoms with Crippen LogP contribution in [-0.4, -0.2) is 33.8 Å². The van der Waals surface area contributed by atoms with E-state index in [0.29, 0.717) is 17.9 Å². The van der Waals surface area contributed by atoms with E-state index in [-0.39, 0.29) is 11.1 Å². The second-order valence-electron chi connectivity index (χ2n) is 5.01. The van der Waals surface area contributed by atoms with Crippen LogP contribution in [0.25, 0.3) is 0 Å². The molecule has 1 heterocycles. The number of aliphatic carboxylic acids is 1. The lowest BCUT2D eigenvalue weighted by atomic mass is 10.0. The summed E-state index contributed by atoms with van der Waals surface area (Å²) in [5.41, 5.74) is 0.303. The maximum Gasteiger partial charge on any atom is 0.327 e. The summed E-state index contributed by atoms with van der Waals surface area (Å²) in [6.07, 6.45) is 0. The monoisotopic (exact) mass is 559 g/mol. The third-order valence-electron chi connectivity index (χ3n) is 3.30. The van der Waals surface area contributed by atoms with Gasteiger partial charge in [-0.3, -0.25) is 14.5 Å². The lowest BCUT2D eigenvalue weighted by Gasteiger charge is -2.25. The molecule has 1 atom stereocenters. The van der Waals surface area contributed by atoms with E-state index in [1.54, 1.807) is 13.8 Å². The molecule has 0 saturated carbocycles. The van der Waals surface area contributed by atoms with Gasteiger partial charge in [-0.05, 0) is 69.6 Å². The van der Waals surface area contributed by atoms with Crippen LogP contribution < -0.4 is 0 Å². The molecule has 1 aliphatic rings. The van der Waals surface area contributed by atoms with E-state index in [1.165, 1.54) is 0 Å². The predicted octanol–water partition coefficient (Wildman–Crippen LogP) is 4.44. The first-order chi connectivity index (χ1) is 10.1. The molecule has 0 aliphatic carbocycles. The number of amides is 2. The molecule has 1 N–H and O–H groups in total. The fourth-order valence-corrected chi connectivity index (χ4v) is 4.77. The molecule has 0 spiro atoms. The Bertz CT molecular complexity index is 670. The van der Waals surface area contributed by atoms with E-state index in [2.05, 4.69) is 63.7 Å². The highest BCUT2D eigenvalue weighted by Crippen LogP contribution is 2.45. The second kappa shape index (κ2) is 6.33. The van der Waals surface area contributed by atoms with E-state index < -0.39 is 29.7 Å². The fraction of sp³-hybridized carbons (Fsp3) is 0.308. The zero-order chi connectivity index (χ0) is 16.9. The summed E-state index contributed by atoms with van der Waals surface area (Å²) in [6.45, 7) is 3.30. The van der Waals surface area contributed by atoms with Crippen molar-refractivity contribution >= 4 is 81.5 Å². The van der Waals surface area contributed by atoms with Gasteiger partial charge in [-0.2, -0.15) is 0 Å². The van der Waals surface area contributed by atoms with Gasteiger partial charge >= 0.3 is 5.97 Å². The Morgan fingerprint density at radius 2 is 1.27 bits per heavy atom. The van der Waals surface area contributed by atoms with Gasteiger partial charge in [0, 0.05) is 17.9 Å². The predicted molar refractivity (Wildman–Crippen MR) is 94.0 cm³/mol. The number of benzene rings is 1. The van der Waals surface area contributed by atoms with Crippen molar-refractivity contribution in [3.05, 3.63) is 29.0 Å². The maximum absolute atomic E-state index is 12.6. The first-order valence-corrected chi connectivity index (χ1v) is 9.25. The van der Waals surface area contributed by atoms with Crippen LogP contribution in [0, 0.1) is 5.92 Å². The highest BCUT2D eigenvalue weighted by molar-refractivity contribution is 9.15. The Morgan fingerprint density at radius 3 is 1.55 bits per heavy atom. The van der Waals surface area contributed by atoms with Crippen LogP contribution in [0.4, 0.5) is 0 Å². The molecule has 9 heteroatoms. The Hall–Kier alpha value is -0.250. The molecule has 0 bridgehead atoms. The minimum Gasteiger partial charge on any atom is -0.480 e. The van der Waals surface area contributed by atoms with E-state index in [0.717, 1.165) is 4.90 Å². The third-order valence-corrected chi connectivity index (χ3v) is 8.06. The minimum atomic E-state index is -1.22. The molecule has 2 rings (SSSR count). The standard InChI is InChI=1S/C13H9Br4NO4/c1-3(2)10(13(21)22)18-11(19)4-5(12(18)20)7(15)9(17)8(16)6(4)14/h3,10H,1-2H3,(H,21,22)/t10-/m0/s1. The molecule has 0 aromatic heterocycles. The number of hydrogen-bond acceptors (Lipinski definition) is 3. The molecule has 1 aliphatic heterocycles. The molecule has 1 aromatic carbocycles. The molecule has 5 nitrogen and oxygen atoms in total. The van der Waals surface area contributed by atoms with E-state index >= 15 is 0 Å². The minimum absolute atomic E-state index is 0.152. The number of carbonyl (C=O) groups excluding carboxylic acids is 2. The molecule has 0 fully saturated rings. The number of hydrogen-bond donors (Lipinski definition) is 1. The van der Waals surface area contributed by atoms with Gasteiger partial charge in [-0.15, -0.1) is 0 Å². The number of imide groups is 1. The molecule has 22 heavy (non-hydrogen) atoms. The van der Waals surface area contributed by atoms with Crippen molar-refractivity contribution in [2.24, 2.45) is 5.92 Å². The van der Waals surface area contributed by atoms with Crippen LogP contribution >= 0.6 is 63.7 Å². The number of carboxylic acid groups (broad SMARTS) is 1. The number of nitrogens with zero attached hydrogens (tertiary/aromatic N) is 1. The highest BCUT2D eigenvalue weighted by Gasteiger charge is 2.47. The van der Waals surface area contributed by atoms with Crippen LogP contribution in [0.1, 0.15) is 34.6 Å². The van der Waals surface area contributed by atoms with Crippen molar-refractivity contribution in [3.8, 4) is 0 Å². The molecular weight excluding hydrogens is 554 g/mol. The third kappa shape index (κ3) is 2.59. The van der Waals surface area contributed by atoms with Crippen LogP contribution in [0.2, 0.25) is 0 Å². The van der Waals surface area contributed by atoms with Gasteiger partial charge in [-0.1, -0.05) is 13.8 Å². The maximum atomic E-state index is 12.6. The first kappa shape index (κ1) is 18.1. The summed E-state index contributed by atoms with van der Waals surface area (Å²) in [6, 6.07) is -1.22. The topological polar surface area (TPSA) is 74.7 Å². The number of rotatable bonds is 3. The van der Waals surface area contributed by atoms with Crippen LogP contribution in [0.5, 0.6) is 0 Å². The van der Waals surface area contributed by atoms with Crippen LogP contribution in [0.15, 0.2) is 17.9 Å².